The summed E-state index contributed by atoms with van der Waals surface area (Å²) in [5.74, 6) is 0.701. The van der Waals surface area contributed by atoms with Crippen LogP contribution in [0.1, 0.15) is 84.0 Å². The van der Waals surface area contributed by atoms with Crippen molar-refractivity contribution in [3.8, 4) is 0 Å². The van der Waals surface area contributed by atoms with Crippen molar-refractivity contribution in [2.45, 2.75) is 88.3 Å². The molecule has 1 fully saturated rings. The number of nitrogens with one attached hydrogen (secondary N) is 1. The normalized spacial score (nSPS) is 25.3. The Morgan fingerprint density at radius 2 is 1.71 bits per heavy atom. The second-order valence-corrected chi connectivity index (χ2v) is 8.09. The number of rotatable bonds is 9. The van der Waals surface area contributed by atoms with E-state index in [0.717, 1.165) is 6.42 Å². The number of hydrogen-bond acceptors (Lipinski definition) is 2. The molecule has 2 unspecified atom stereocenters. The topological polar surface area (TPSA) is 32.3 Å². The van der Waals surface area contributed by atoms with Gasteiger partial charge in [0.25, 0.3) is 0 Å². The number of halogens is 1. The van der Waals surface area contributed by atoms with Gasteiger partial charge < -0.3 is 10.4 Å². The van der Waals surface area contributed by atoms with Gasteiger partial charge in [0, 0.05) is 10.9 Å². The number of aliphatic hydroxyl groups is 1. The summed E-state index contributed by atoms with van der Waals surface area (Å²) in [6.07, 6.45) is 15.9. The molecule has 0 aromatic rings. The summed E-state index contributed by atoms with van der Waals surface area (Å²) in [6.45, 7) is 2.63. The van der Waals surface area contributed by atoms with Crippen LogP contribution in [0, 0.1) is 5.92 Å². The van der Waals surface area contributed by atoms with Crippen molar-refractivity contribution in [3.05, 3.63) is 0 Å². The maximum atomic E-state index is 9.20. The second kappa shape index (κ2) is 14.0. The first-order chi connectivity index (χ1) is 10.1. The predicted octanol–water partition coefficient (Wildman–Crippen LogP) is 5.28. The molecular weight excluding hydrogens is 326 g/mol. The van der Waals surface area contributed by atoms with E-state index in [1.54, 1.807) is 0 Å². The van der Waals surface area contributed by atoms with Crippen molar-refractivity contribution in [2.24, 2.45) is 5.92 Å². The molecule has 128 valence electrons. The van der Waals surface area contributed by atoms with E-state index in [2.05, 4.69) is 28.2 Å². The summed E-state index contributed by atoms with van der Waals surface area (Å²) in [5.41, 5.74) is 0. The van der Waals surface area contributed by atoms with E-state index in [0.29, 0.717) is 16.8 Å². The Labute approximate surface area is 141 Å². The van der Waals surface area contributed by atoms with Crippen LogP contribution in [0.2, 0.25) is 0 Å². The van der Waals surface area contributed by atoms with E-state index >= 15 is 0 Å². The summed E-state index contributed by atoms with van der Waals surface area (Å²) >= 11 is 4.04. The Bertz CT molecular complexity index is 223. The average molecular weight is 364 g/mol. The lowest BCUT2D eigenvalue weighted by Gasteiger charge is -2.40. The van der Waals surface area contributed by atoms with Gasteiger partial charge in [0.2, 0.25) is 0 Å². The third kappa shape index (κ3) is 9.91. The van der Waals surface area contributed by atoms with E-state index < -0.39 is 0 Å². The van der Waals surface area contributed by atoms with Crippen LogP contribution < -0.4 is 5.32 Å². The minimum Gasteiger partial charge on any atom is -0.396 e. The molecule has 0 radical (unpaired) electrons. The molecule has 2 N–H and O–H groups in total. The maximum Gasteiger partial charge on any atom is 0.0434 e. The molecule has 2 nitrogen and oxygen atoms in total. The third-order valence-electron chi connectivity index (χ3n) is 4.55. The van der Waals surface area contributed by atoms with E-state index in [4.69, 9.17) is 0 Å². The van der Waals surface area contributed by atoms with Crippen LogP contribution in [0.4, 0.5) is 0 Å². The molecule has 0 aromatic carbocycles. The molecule has 3 heteroatoms. The molecule has 0 saturated heterocycles. The quantitative estimate of drug-likeness (QED) is 0.431. The van der Waals surface area contributed by atoms with E-state index in [1.165, 1.54) is 70.6 Å². The van der Waals surface area contributed by atoms with Crippen LogP contribution in [0.25, 0.3) is 0 Å². The van der Waals surface area contributed by atoms with Gasteiger partial charge in [-0.05, 0) is 45.7 Å². The van der Waals surface area contributed by atoms with Crippen molar-refractivity contribution < 1.29 is 5.11 Å². The molecule has 2 atom stereocenters. The minimum absolute atomic E-state index is 0.346. The van der Waals surface area contributed by atoms with Gasteiger partial charge in [0.05, 0.1) is 0 Å². The van der Waals surface area contributed by atoms with Crippen molar-refractivity contribution in [3.63, 3.8) is 0 Å². The van der Waals surface area contributed by atoms with Gasteiger partial charge in [-0.1, -0.05) is 74.2 Å². The van der Waals surface area contributed by atoms with Crippen LogP contribution in [-0.4, -0.2) is 30.1 Å². The van der Waals surface area contributed by atoms with Crippen LogP contribution in [0.15, 0.2) is 0 Å². The molecule has 1 rings (SSSR count). The van der Waals surface area contributed by atoms with Gasteiger partial charge in [-0.3, -0.25) is 0 Å². The molecule has 0 aliphatic heterocycles. The lowest BCUT2D eigenvalue weighted by Crippen LogP contribution is -2.35. The molecule has 1 saturated carbocycles. The van der Waals surface area contributed by atoms with Crippen LogP contribution in [0.5, 0.6) is 0 Å². The van der Waals surface area contributed by atoms with Crippen molar-refractivity contribution in [1.29, 1.82) is 0 Å². The fraction of sp³-hybridized carbons (Fsp3) is 1.00. The molecule has 0 heterocycles. The zero-order valence-electron chi connectivity index (χ0n) is 14.6. The zero-order chi connectivity index (χ0) is 16.0. The fourth-order valence-corrected chi connectivity index (χ4v) is 4.38. The van der Waals surface area contributed by atoms with Gasteiger partial charge >= 0.3 is 0 Å². The Morgan fingerprint density at radius 3 is 2.33 bits per heavy atom. The van der Waals surface area contributed by atoms with Crippen molar-refractivity contribution >= 4 is 15.9 Å². The van der Waals surface area contributed by atoms with Crippen molar-refractivity contribution in [2.75, 3.05) is 20.7 Å². The number of alkyl halides is 1. The summed E-state index contributed by atoms with van der Waals surface area (Å²) < 4.78 is 0.346. The molecule has 0 aromatic heterocycles. The van der Waals surface area contributed by atoms with E-state index in [9.17, 15) is 5.11 Å². The predicted molar refractivity (Wildman–Crippen MR) is 98.3 cm³/mol. The molecule has 0 spiro atoms. The first-order valence-corrected chi connectivity index (χ1v) is 9.82. The molecule has 0 amide bonds. The van der Waals surface area contributed by atoms with Gasteiger partial charge in [-0.25, -0.2) is 0 Å². The summed E-state index contributed by atoms with van der Waals surface area (Å²) in [4.78, 5) is 0. The molecule has 0 bridgehead atoms. The first-order valence-electron chi connectivity index (χ1n) is 9.02. The standard InChI is InChI=1S/C16H31BrO.C2H7N/c1-2-3-4-5-6-8-12-16(17)13-9-7-10-15(16)11-14-18;1-3-2/h15,18H,2-14H2,1H3;3H,1-2H3. The van der Waals surface area contributed by atoms with Crippen molar-refractivity contribution in [1.82, 2.24) is 5.32 Å². The van der Waals surface area contributed by atoms with Gasteiger partial charge in [-0.2, -0.15) is 0 Å². The van der Waals surface area contributed by atoms with Gasteiger partial charge in [-0.15, -0.1) is 0 Å². The minimum atomic E-state index is 0.346. The summed E-state index contributed by atoms with van der Waals surface area (Å²) in [5, 5.41) is 11.9. The summed E-state index contributed by atoms with van der Waals surface area (Å²) in [6, 6.07) is 0. The number of aliphatic hydroxyl groups excluding tert-OH is 1. The first kappa shape index (κ1) is 21.4. The largest absolute Gasteiger partial charge is 0.396 e. The maximum absolute atomic E-state index is 9.20. The monoisotopic (exact) mass is 363 g/mol. The highest BCUT2D eigenvalue weighted by Gasteiger charge is 2.37. The Hall–Kier alpha value is 0.400. The zero-order valence-corrected chi connectivity index (χ0v) is 16.2. The van der Waals surface area contributed by atoms with E-state index in [-0.39, 0.29) is 0 Å². The smallest absolute Gasteiger partial charge is 0.0434 e. The van der Waals surface area contributed by atoms with Gasteiger partial charge in [0.15, 0.2) is 0 Å². The lowest BCUT2D eigenvalue weighted by molar-refractivity contribution is 0.191. The second-order valence-electron chi connectivity index (χ2n) is 6.51. The third-order valence-corrected chi connectivity index (χ3v) is 5.99. The Kier molecular flexibility index (Phi) is 14.3. The van der Waals surface area contributed by atoms with Crippen LogP contribution in [-0.2, 0) is 0 Å². The van der Waals surface area contributed by atoms with Gasteiger partial charge in [0.1, 0.15) is 0 Å². The highest BCUT2D eigenvalue weighted by atomic mass is 79.9. The highest BCUT2D eigenvalue weighted by molar-refractivity contribution is 9.10. The Morgan fingerprint density at radius 1 is 1.10 bits per heavy atom. The molecule has 1 aliphatic carbocycles. The van der Waals surface area contributed by atoms with E-state index in [1.807, 2.05) is 14.1 Å². The number of hydrogen-bond donors (Lipinski definition) is 2. The highest BCUT2D eigenvalue weighted by Crippen LogP contribution is 2.45. The Balaban J connectivity index is 0.00000122. The van der Waals surface area contributed by atoms with Crippen LogP contribution >= 0.6 is 15.9 Å². The van der Waals surface area contributed by atoms with Crippen LogP contribution in [0.3, 0.4) is 0 Å². The molecule has 21 heavy (non-hydrogen) atoms. The fourth-order valence-electron chi connectivity index (χ4n) is 3.36. The molecule has 1 aliphatic rings. The summed E-state index contributed by atoms with van der Waals surface area (Å²) in [7, 11) is 3.75. The molecular formula is C18H38BrNO. The SMILES string of the molecule is CCCCCCCCC1(Br)CCCCC1CCO.CNC. The average Bonchev–Trinajstić information content (AvgIpc) is 2.46. The number of unbranched alkanes of at least 4 members (excludes halogenated alkanes) is 5. The lowest BCUT2D eigenvalue weighted by atomic mass is 9.75.